The molecule has 0 spiro atoms. The van der Waals surface area contributed by atoms with Gasteiger partial charge in [0.1, 0.15) is 0 Å². The van der Waals surface area contributed by atoms with Crippen molar-refractivity contribution in [1.82, 2.24) is 5.32 Å². The summed E-state index contributed by atoms with van der Waals surface area (Å²) in [6.07, 6.45) is 42.0. The lowest BCUT2D eigenvalue weighted by molar-refractivity contribution is 0.269. The van der Waals surface area contributed by atoms with E-state index in [4.69, 9.17) is 0 Å². The number of hydrogen-bond acceptors (Lipinski definition) is 1. The second-order valence-corrected chi connectivity index (χ2v) is 12.5. The Bertz CT molecular complexity index is 1130. The van der Waals surface area contributed by atoms with Gasteiger partial charge in [-0.25, -0.2) is 0 Å². The van der Waals surface area contributed by atoms with E-state index in [2.05, 4.69) is 66.1 Å². The molecule has 0 aromatic heterocycles. The Morgan fingerprint density at radius 2 is 1.00 bits per heavy atom. The van der Waals surface area contributed by atoms with Crippen LogP contribution >= 0.6 is 0 Å². The molecule has 12 bridgehead atoms. The van der Waals surface area contributed by atoms with Crippen LogP contribution in [0.1, 0.15) is 83.5 Å². The highest BCUT2D eigenvalue weighted by atomic mass is 15.0. The summed E-state index contributed by atoms with van der Waals surface area (Å²) in [5.74, 6) is 2.71. The zero-order valence-electron chi connectivity index (χ0n) is 21.9. The molecule has 0 saturated carbocycles. The maximum atomic E-state index is 4.13. The van der Waals surface area contributed by atoms with Crippen LogP contribution in [0.15, 0.2) is 94.2 Å². The van der Waals surface area contributed by atoms with E-state index < -0.39 is 0 Å². The lowest BCUT2D eigenvalue weighted by Crippen LogP contribution is -2.47. The molecule has 188 valence electrons. The highest BCUT2D eigenvalue weighted by Gasteiger charge is 2.32. The van der Waals surface area contributed by atoms with Crippen molar-refractivity contribution in [2.45, 2.75) is 95.6 Å². The average molecular weight is 478 g/mol. The Balaban J connectivity index is 1.20. The SMILES string of the molecule is C1=CC2CCC1C1=CC=C(CC1)C1=CC=C(CC1)C1CCCC(N1)[C@@H]1C=C[C@@H](CC1)C1=CC=C2CC1. The predicted molar refractivity (Wildman–Crippen MR) is 151 cm³/mol. The minimum Gasteiger partial charge on any atom is -0.307 e. The Labute approximate surface area is 218 Å². The largest absolute Gasteiger partial charge is 0.307 e. The van der Waals surface area contributed by atoms with Gasteiger partial charge in [-0.15, -0.1) is 0 Å². The van der Waals surface area contributed by atoms with Crippen molar-refractivity contribution >= 4 is 0 Å². The Kier molecular flexibility index (Phi) is 6.38. The summed E-state index contributed by atoms with van der Waals surface area (Å²) in [6, 6.07) is 1.25. The minimum absolute atomic E-state index is 0.591. The van der Waals surface area contributed by atoms with Crippen LogP contribution in [0.4, 0.5) is 0 Å². The number of rotatable bonds is 0. The third-order valence-electron chi connectivity index (χ3n) is 10.6. The van der Waals surface area contributed by atoms with Gasteiger partial charge in [0, 0.05) is 12.1 Å². The fourth-order valence-electron chi connectivity index (χ4n) is 8.25. The fraction of sp³-hybridized carbons (Fsp3) is 0.543. The third kappa shape index (κ3) is 4.53. The molecule has 1 N–H and O–H groups in total. The highest BCUT2D eigenvalue weighted by Crippen LogP contribution is 2.41. The molecule has 20 aliphatic rings. The molecule has 1 fully saturated rings. The van der Waals surface area contributed by atoms with Crippen LogP contribution in [0.5, 0.6) is 0 Å². The number of piperidine rings is 1. The van der Waals surface area contributed by atoms with Gasteiger partial charge in [-0.2, -0.15) is 0 Å². The van der Waals surface area contributed by atoms with Gasteiger partial charge in [0.05, 0.1) is 0 Å². The summed E-state index contributed by atoms with van der Waals surface area (Å²) in [7, 11) is 0. The van der Waals surface area contributed by atoms with Crippen LogP contribution < -0.4 is 5.32 Å². The van der Waals surface area contributed by atoms with E-state index in [1.165, 1.54) is 83.5 Å². The predicted octanol–water partition coefficient (Wildman–Crippen LogP) is 8.62. The van der Waals surface area contributed by atoms with E-state index in [0.717, 1.165) is 0 Å². The summed E-state index contributed by atoms with van der Waals surface area (Å²) >= 11 is 0. The zero-order chi connectivity index (χ0) is 23.9. The van der Waals surface area contributed by atoms with Crippen molar-refractivity contribution in [2.75, 3.05) is 0 Å². The summed E-state index contributed by atoms with van der Waals surface area (Å²) in [6.45, 7) is 0. The lowest BCUT2D eigenvalue weighted by Gasteiger charge is -2.39. The second kappa shape index (κ2) is 9.97. The monoisotopic (exact) mass is 477 g/mol. The van der Waals surface area contributed by atoms with Gasteiger partial charge in [0.25, 0.3) is 0 Å². The van der Waals surface area contributed by atoms with Gasteiger partial charge < -0.3 is 5.32 Å². The van der Waals surface area contributed by atoms with Crippen LogP contribution in [0.2, 0.25) is 0 Å². The first-order chi connectivity index (χ1) is 17.8. The molecule has 5 aliphatic carbocycles. The third-order valence-corrected chi connectivity index (χ3v) is 10.6. The number of hydrogen-bond donors (Lipinski definition) is 1. The maximum Gasteiger partial charge on any atom is 0.0285 e. The van der Waals surface area contributed by atoms with Crippen LogP contribution in [0.3, 0.4) is 0 Å². The molecular formula is C35H43N. The molecule has 4 unspecified atom stereocenters. The van der Waals surface area contributed by atoms with Gasteiger partial charge in [0.2, 0.25) is 0 Å². The molecule has 1 heteroatoms. The molecule has 6 atom stereocenters. The minimum atomic E-state index is 0.591. The van der Waals surface area contributed by atoms with E-state index in [9.17, 15) is 0 Å². The van der Waals surface area contributed by atoms with E-state index in [1.54, 1.807) is 33.4 Å². The van der Waals surface area contributed by atoms with E-state index in [-0.39, 0.29) is 0 Å². The molecule has 0 radical (unpaired) electrons. The van der Waals surface area contributed by atoms with Crippen LogP contribution in [-0.4, -0.2) is 12.1 Å². The lowest BCUT2D eigenvalue weighted by atomic mass is 9.74. The van der Waals surface area contributed by atoms with E-state index >= 15 is 0 Å². The molecule has 20 rings (SSSR count). The van der Waals surface area contributed by atoms with Gasteiger partial charge in [-0.3, -0.25) is 0 Å². The Morgan fingerprint density at radius 1 is 0.472 bits per heavy atom. The Morgan fingerprint density at radius 3 is 1.50 bits per heavy atom. The maximum absolute atomic E-state index is 4.13. The van der Waals surface area contributed by atoms with Crippen molar-refractivity contribution in [2.24, 2.45) is 23.7 Å². The van der Waals surface area contributed by atoms with Crippen molar-refractivity contribution in [3.8, 4) is 0 Å². The van der Waals surface area contributed by atoms with Crippen molar-refractivity contribution < 1.29 is 0 Å². The summed E-state index contributed by atoms with van der Waals surface area (Å²) < 4.78 is 0. The summed E-state index contributed by atoms with van der Waals surface area (Å²) in [5, 5.41) is 4.13. The van der Waals surface area contributed by atoms with Crippen LogP contribution in [0, 0.1) is 23.7 Å². The van der Waals surface area contributed by atoms with Crippen LogP contribution in [0.25, 0.3) is 0 Å². The molecule has 0 aromatic rings. The van der Waals surface area contributed by atoms with Crippen molar-refractivity contribution in [3.63, 3.8) is 0 Å². The van der Waals surface area contributed by atoms with Gasteiger partial charge >= 0.3 is 0 Å². The standard InChI is InChI=1S/C35H43N/c1-2-34-32-20-16-30(17-21-32)28-12-8-26(9-13-28)24-4-6-25(7-5-24)27-10-14-29(15-11-27)31-18-22-33(23-19-31)35(3-1)36-34/h4,6,8,10,12,14,16,18,20,22,24-25,30,32,34-36H,1-3,5,7,9,11,13,15,17,19,21,23H2/t24?,25?,30-,32+,34?,35?/m0/s1. The quantitative estimate of drug-likeness (QED) is 0.344. The average Bonchev–Trinajstić information content (AvgIpc) is 2.97. The molecule has 0 aromatic carbocycles. The number of nitrogens with one attached hydrogen (secondary N) is 1. The van der Waals surface area contributed by atoms with E-state index in [1.807, 2.05) is 0 Å². The molecule has 15 heterocycles. The summed E-state index contributed by atoms with van der Waals surface area (Å²) in [4.78, 5) is 0. The fourth-order valence-corrected chi connectivity index (χ4v) is 8.25. The highest BCUT2D eigenvalue weighted by molar-refractivity contribution is 5.44. The van der Waals surface area contributed by atoms with Crippen LogP contribution in [-0.2, 0) is 0 Å². The number of allylic oxidation sites excluding steroid dienone is 14. The second-order valence-electron chi connectivity index (χ2n) is 12.5. The molecular weight excluding hydrogens is 434 g/mol. The van der Waals surface area contributed by atoms with Gasteiger partial charge in [-0.1, -0.05) is 89.5 Å². The zero-order valence-corrected chi connectivity index (χ0v) is 21.9. The first-order valence-electron chi connectivity index (χ1n) is 15.1. The van der Waals surface area contributed by atoms with Gasteiger partial charge in [0.15, 0.2) is 0 Å². The molecule has 36 heavy (non-hydrogen) atoms. The van der Waals surface area contributed by atoms with Crippen molar-refractivity contribution in [3.05, 3.63) is 94.2 Å². The van der Waals surface area contributed by atoms with Crippen molar-refractivity contribution in [1.29, 1.82) is 0 Å². The normalized spacial score (nSPS) is 37.8. The molecule has 0 amide bonds. The summed E-state index contributed by atoms with van der Waals surface area (Å²) in [5.41, 5.74) is 9.87. The first kappa shape index (κ1) is 23.0. The molecule has 1 saturated heterocycles. The smallest absolute Gasteiger partial charge is 0.0285 e. The first-order valence-corrected chi connectivity index (χ1v) is 15.1. The van der Waals surface area contributed by atoms with E-state index in [0.29, 0.717) is 35.8 Å². The topological polar surface area (TPSA) is 12.0 Å². The molecule has 15 aliphatic heterocycles. The Hall–Kier alpha value is -2.12. The molecule has 1 nitrogen and oxygen atoms in total. The van der Waals surface area contributed by atoms with Gasteiger partial charge in [-0.05, 0) is 112 Å².